The quantitative estimate of drug-likeness (QED) is 0.193. The van der Waals surface area contributed by atoms with Crippen LogP contribution in [0, 0.1) is 29.1 Å². The molecule has 0 aliphatic heterocycles. The number of rotatable bonds is 0. The first kappa shape index (κ1) is 16.3. The minimum Gasteiger partial charge on any atom is -1.00 e. The Morgan fingerprint density at radius 3 is 1.07 bits per heavy atom. The van der Waals surface area contributed by atoms with E-state index in [9.17, 15) is 22.0 Å². The zero-order valence-corrected chi connectivity index (χ0v) is 9.40. The molecule has 1 aromatic rings. The van der Waals surface area contributed by atoms with E-state index in [1.165, 1.54) is 0 Å². The molecule has 0 atom stereocenters. The SMILES string of the molecule is [B+2]c1c(F)c(F)c(F)c(F)c1F.[Br-].[Br-]. The molecule has 0 fully saturated rings. The van der Waals surface area contributed by atoms with Gasteiger partial charge in [-0.1, -0.05) is 0 Å². The standard InChI is InChI=1S/C6BF5.2BrH/c7-1-2(8)4(10)6(12)5(11)3(1)9;;/h;2*1H/q+2;;/p-2. The van der Waals surface area contributed by atoms with Crippen molar-refractivity contribution in [3.05, 3.63) is 29.1 Å². The van der Waals surface area contributed by atoms with Gasteiger partial charge in [0.25, 0.3) is 0 Å². The first-order chi connectivity index (χ1) is 5.46. The summed E-state index contributed by atoms with van der Waals surface area (Å²) < 4.78 is 61.1. The Morgan fingerprint density at radius 2 is 0.786 bits per heavy atom. The molecule has 0 aliphatic carbocycles. The van der Waals surface area contributed by atoms with E-state index in [-0.39, 0.29) is 34.0 Å². The Balaban J connectivity index is 0. The predicted molar refractivity (Wildman–Crippen MR) is 31.6 cm³/mol. The minimum absolute atomic E-state index is 0. The summed E-state index contributed by atoms with van der Waals surface area (Å²) in [5.74, 6) is -10.3. The van der Waals surface area contributed by atoms with Gasteiger partial charge in [-0.2, -0.15) is 0 Å². The summed E-state index contributed by atoms with van der Waals surface area (Å²) in [4.78, 5) is 0. The number of benzene rings is 1. The maximum Gasteiger partial charge on any atom is -1.00 e. The molecule has 0 spiro atoms. The van der Waals surface area contributed by atoms with Crippen molar-refractivity contribution in [3.8, 4) is 0 Å². The van der Waals surface area contributed by atoms with E-state index < -0.39 is 34.5 Å². The Hall–Kier alpha value is -0.105. The molecule has 0 heterocycles. The summed E-state index contributed by atoms with van der Waals surface area (Å²) in [5.41, 5.74) is -1.37. The Labute approximate surface area is 98.4 Å². The monoisotopic (exact) mass is 336 g/mol. The van der Waals surface area contributed by atoms with Gasteiger partial charge < -0.3 is 34.0 Å². The van der Waals surface area contributed by atoms with Crippen LogP contribution < -0.4 is 39.4 Å². The normalized spacial score (nSPS) is 9.07. The molecule has 0 nitrogen and oxygen atoms in total. The van der Waals surface area contributed by atoms with Crippen molar-refractivity contribution in [2.75, 3.05) is 0 Å². The second kappa shape index (κ2) is 5.70. The van der Waals surface area contributed by atoms with Crippen LogP contribution in [0.5, 0.6) is 0 Å². The molecule has 1 rings (SSSR count). The van der Waals surface area contributed by atoms with Crippen LogP contribution in [0.25, 0.3) is 0 Å². The van der Waals surface area contributed by atoms with Crippen molar-refractivity contribution in [1.82, 2.24) is 0 Å². The van der Waals surface area contributed by atoms with E-state index in [4.69, 9.17) is 0 Å². The molecule has 1 aromatic carbocycles. The van der Waals surface area contributed by atoms with Crippen LogP contribution in [0.15, 0.2) is 0 Å². The fraction of sp³-hybridized carbons (Fsp3) is 0. The van der Waals surface area contributed by atoms with Crippen LogP contribution in [0.1, 0.15) is 0 Å². The van der Waals surface area contributed by atoms with Gasteiger partial charge in [-0.25, -0.2) is 0 Å². The van der Waals surface area contributed by atoms with E-state index in [0.29, 0.717) is 0 Å². The van der Waals surface area contributed by atoms with Crippen LogP contribution in [0.2, 0.25) is 0 Å². The van der Waals surface area contributed by atoms with Crippen molar-refractivity contribution in [2.45, 2.75) is 0 Å². The molecule has 0 aliphatic rings. The van der Waals surface area contributed by atoms with Crippen molar-refractivity contribution in [1.29, 1.82) is 0 Å². The van der Waals surface area contributed by atoms with E-state index in [0.717, 1.165) is 0 Å². The average Bonchev–Trinajstić information content (AvgIpc) is 2.08. The van der Waals surface area contributed by atoms with Crippen molar-refractivity contribution < 1.29 is 55.9 Å². The van der Waals surface area contributed by atoms with Crippen LogP contribution in [-0.2, 0) is 0 Å². The van der Waals surface area contributed by atoms with Crippen LogP contribution in [0.4, 0.5) is 22.0 Å². The van der Waals surface area contributed by atoms with Crippen LogP contribution in [0.3, 0.4) is 0 Å². The zero-order valence-electron chi connectivity index (χ0n) is 6.22. The summed E-state index contributed by atoms with van der Waals surface area (Å²) in [7, 11) is 4.56. The van der Waals surface area contributed by atoms with E-state index >= 15 is 0 Å². The molecule has 0 saturated heterocycles. The first-order valence-electron chi connectivity index (χ1n) is 2.73. The third-order valence-corrected chi connectivity index (χ3v) is 1.24. The van der Waals surface area contributed by atoms with Gasteiger partial charge in [0.2, 0.25) is 0 Å². The van der Waals surface area contributed by atoms with Crippen molar-refractivity contribution >= 4 is 13.3 Å². The van der Waals surface area contributed by atoms with Gasteiger partial charge in [0, 0.05) is 0 Å². The summed E-state index contributed by atoms with van der Waals surface area (Å²) in [6, 6.07) is 0. The molecule has 0 bridgehead atoms. The molecule has 0 saturated carbocycles. The second-order valence-corrected chi connectivity index (χ2v) is 1.98. The fourth-order valence-corrected chi connectivity index (χ4v) is 0.622. The third kappa shape index (κ3) is 2.47. The number of halogens is 7. The van der Waals surface area contributed by atoms with E-state index in [1.807, 2.05) is 0 Å². The second-order valence-electron chi connectivity index (χ2n) is 1.98. The van der Waals surface area contributed by atoms with Crippen LogP contribution in [-0.4, -0.2) is 7.85 Å². The van der Waals surface area contributed by atoms with Gasteiger partial charge in [-0.05, 0) is 0 Å². The fourth-order valence-electron chi connectivity index (χ4n) is 0.622. The van der Waals surface area contributed by atoms with E-state index in [1.54, 1.807) is 0 Å². The molecule has 0 N–H and O–H groups in total. The van der Waals surface area contributed by atoms with Crippen LogP contribution >= 0.6 is 0 Å². The summed E-state index contributed by atoms with van der Waals surface area (Å²) in [5, 5.41) is 0. The van der Waals surface area contributed by atoms with Gasteiger partial charge in [0.05, 0.1) is 0 Å². The average molecular weight is 338 g/mol. The van der Waals surface area contributed by atoms with Gasteiger partial charge in [-0.15, -0.1) is 0 Å². The largest absolute Gasteiger partial charge is 1.00 e. The first-order valence-corrected chi connectivity index (χ1v) is 2.73. The summed E-state index contributed by atoms with van der Waals surface area (Å²) in [6.07, 6.45) is 0. The number of hydrogen-bond donors (Lipinski definition) is 0. The molecular formula is C6BBr2F5. The Bertz CT molecular complexity index is 238. The van der Waals surface area contributed by atoms with Crippen molar-refractivity contribution in [3.63, 3.8) is 0 Å². The van der Waals surface area contributed by atoms with Crippen molar-refractivity contribution in [2.24, 2.45) is 0 Å². The summed E-state index contributed by atoms with van der Waals surface area (Å²) in [6.45, 7) is 0. The molecule has 0 aromatic heterocycles. The Morgan fingerprint density at radius 1 is 0.571 bits per heavy atom. The summed E-state index contributed by atoms with van der Waals surface area (Å²) >= 11 is 0. The zero-order chi connectivity index (χ0) is 9.46. The van der Waals surface area contributed by atoms with Gasteiger partial charge >= 0.3 is 64.3 Å². The molecule has 76 valence electrons. The Kier molecular flexibility index (Phi) is 6.65. The molecule has 8 heteroatoms. The smallest absolute Gasteiger partial charge is 1.00 e. The van der Waals surface area contributed by atoms with Gasteiger partial charge in [-0.3, -0.25) is 0 Å². The number of hydrogen-bond acceptors (Lipinski definition) is 0. The third-order valence-electron chi connectivity index (χ3n) is 1.24. The maximum absolute atomic E-state index is 12.3. The molecule has 14 heavy (non-hydrogen) atoms. The minimum atomic E-state index is -2.21. The predicted octanol–water partition coefficient (Wildman–Crippen LogP) is -4.82. The molecule has 0 radical (unpaired) electrons. The van der Waals surface area contributed by atoms with E-state index in [2.05, 4.69) is 7.85 Å². The topological polar surface area (TPSA) is 0 Å². The maximum atomic E-state index is 12.3. The molecule has 0 unspecified atom stereocenters. The van der Waals surface area contributed by atoms with Gasteiger partial charge in [0.1, 0.15) is 0 Å². The van der Waals surface area contributed by atoms with Gasteiger partial charge in [0.15, 0.2) is 0 Å². The molecular weight excluding hydrogens is 338 g/mol. The molecule has 0 amide bonds.